The van der Waals surface area contributed by atoms with Crippen LogP contribution in [0.5, 0.6) is 0 Å². The number of rotatable bonds is 3. The van der Waals surface area contributed by atoms with Crippen LogP contribution in [0.4, 0.5) is 0 Å². The van der Waals surface area contributed by atoms with E-state index in [9.17, 15) is 4.79 Å². The average molecular weight is 299 g/mol. The predicted octanol–water partition coefficient (Wildman–Crippen LogP) is 2.29. The van der Waals surface area contributed by atoms with Gasteiger partial charge in [0.2, 0.25) is 5.91 Å². The molecule has 2 aromatic rings. The van der Waals surface area contributed by atoms with Gasteiger partial charge in [-0.1, -0.05) is 6.92 Å². The lowest BCUT2D eigenvalue weighted by atomic mass is 9.92. The second-order valence-electron chi connectivity index (χ2n) is 5.67. The van der Waals surface area contributed by atoms with Gasteiger partial charge in [-0.05, 0) is 25.8 Å². The van der Waals surface area contributed by atoms with E-state index in [0.717, 1.165) is 49.0 Å². The van der Waals surface area contributed by atoms with Crippen molar-refractivity contribution in [1.29, 1.82) is 0 Å². The van der Waals surface area contributed by atoms with E-state index in [0.29, 0.717) is 12.3 Å². The molecule has 3 rings (SSSR count). The minimum atomic E-state index is 0.244. The summed E-state index contributed by atoms with van der Waals surface area (Å²) in [5.41, 5.74) is 1.89. The topological polar surface area (TPSA) is 74.8 Å². The number of nitrogens with zero attached hydrogens (tertiary/aromatic N) is 4. The van der Waals surface area contributed by atoms with Crippen LogP contribution in [0.15, 0.2) is 18.5 Å². The average Bonchev–Trinajstić information content (AvgIpc) is 3.08. The predicted molar refractivity (Wildman–Crippen MR) is 83.2 cm³/mol. The highest BCUT2D eigenvalue weighted by atomic mass is 16.2. The smallest absolute Gasteiger partial charge is 0.222 e. The molecule has 1 fully saturated rings. The Kier molecular flexibility index (Phi) is 4.18. The van der Waals surface area contributed by atoms with Crippen molar-refractivity contribution in [3.63, 3.8) is 0 Å². The molecule has 2 aromatic heterocycles. The highest BCUT2D eigenvalue weighted by molar-refractivity contribution is 5.75. The van der Waals surface area contributed by atoms with Gasteiger partial charge in [-0.15, -0.1) is 0 Å². The molecule has 116 valence electrons. The number of piperidine rings is 1. The lowest BCUT2D eigenvalue weighted by molar-refractivity contribution is -0.131. The summed E-state index contributed by atoms with van der Waals surface area (Å²) in [5.74, 6) is 2.16. The Morgan fingerprint density at radius 1 is 1.36 bits per heavy atom. The van der Waals surface area contributed by atoms with Crippen molar-refractivity contribution in [3.8, 4) is 11.5 Å². The lowest BCUT2D eigenvalue weighted by Gasteiger charge is -2.31. The molecule has 1 N–H and O–H groups in total. The molecule has 0 saturated carbocycles. The van der Waals surface area contributed by atoms with Gasteiger partial charge in [0, 0.05) is 43.5 Å². The number of H-pyrrole nitrogens is 1. The molecule has 6 heteroatoms. The third kappa shape index (κ3) is 3.00. The number of imidazole rings is 1. The highest BCUT2D eigenvalue weighted by Gasteiger charge is 2.24. The van der Waals surface area contributed by atoms with Gasteiger partial charge >= 0.3 is 0 Å². The van der Waals surface area contributed by atoms with E-state index < -0.39 is 0 Å². The Morgan fingerprint density at radius 2 is 2.14 bits per heavy atom. The monoisotopic (exact) mass is 299 g/mol. The van der Waals surface area contributed by atoms with Gasteiger partial charge in [-0.25, -0.2) is 15.0 Å². The van der Waals surface area contributed by atoms with E-state index in [-0.39, 0.29) is 5.91 Å². The third-order valence-electron chi connectivity index (χ3n) is 4.17. The first-order valence-corrected chi connectivity index (χ1v) is 7.80. The molecular formula is C16H21N5O. The zero-order chi connectivity index (χ0) is 15.5. The molecule has 3 heterocycles. The quantitative estimate of drug-likeness (QED) is 0.943. The summed E-state index contributed by atoms with van der Waals surface area (Å²) in [4.78, 5) is 30.1. The molecule has 0 atom stereocenters. The Morgan fingerprint density at radius 3 is 2.77 bits per heavy atom. The van der Waals surface area contributed by atoms with Crippen LogP contribution >= 0.6 is 0 Å². The van der Waals surface area contributed by atoms with Crippen LogP contribution in [-0.4, -0.2) is 43.8 Å². The Labute approximate surface area is 130 Å². The number of nitrogens with one attached hydrogen (secondary N) is 1. The second-order valence-corrected chi connectivity index (χ2v) is 5.67. The van der Waals surface area contributed by atoms with Crippen molar-refractivity contribution >= 4 is 5.91 Å². The van der Waals surface area contributed by atoms with Gasteiger partial charge in [0.05, 0.1) is 0 Å². The molecule has 0 spiro atoms. The van der Waals surface area contributed by atoms with Crippen molar-refractivity contribution in [2.45, 2.75) is 39.0 Å². The van der Waals surface area contributed by atoms with Crippen LogP contribution < -0.4 is 0 Å². The van der Waals surface area contributed by atoms with E-state index in [2.05, 4.69) is 19.9 Å². The molecule has 1 saturated heterocycles. The number of hydrogen-bond donors (Lipinski definition) is 1. The van der Waals surface area contributed by atoms with E-state index >= 15 is 0 Å². The third-order valence-corrected chi connectivity index (χ3v) is 4.17. The van der Waals surface area contributed by atoms with Gasteiger partial charge in [0.1, 0.15) is 11.5 Å². The fourth-order valence-corrected chi connectivity index (χ4v) is 2.97. The molecule has 0 aromatic carbocycles. The fraction of sp³-hybridized carbons (Fsp3) is 0.500. The molecule has 0 bridgehead atoms. The molecule has 6 nitrogen and oxygen atoms in total. The van der Waals surface area contributed by atoms with Gasteiger partial charge in [-0.3, -0.25) is 4.79 Å². The van der Waals surface area contributed by atoms with Crippen molar-refractivity contribution in [1.82, 2.24) is 24.8 Å². The van der Waals surface area contributed by atoms with Crippen LogP contribution in [-0.2, 0) is 4.79 Å². The number of amides is 1. The fourth-order valence-electron chi connectivity index (χ4n) is 2.97. The second kappa shape index (κ2) is 6.25. The zero-order valence-corrected chi connectivity index (χ0v) is 13.0. The highest BCUT2D eigenvalue weighted by Crippen LogP contribution is 2.28. The van der Waals surface area contributed by atoms with Crippen molar-refractivity contribution < 1.29 is 4.79 Å². The van der Waals surface area contributed by atoms with Crippen molar-refractivity contribution in [2.75, 3.05) is 13.1 Å². The summed E-state index contributed by atoms with van der Waals surface area (Å²) >= 11 is 0. The van der Waals surface area contributed by atoms with E-state index in [1.165, 1.54) is 0 Å². The molecule has 0 radical (unpaired) electrons. The maximum atomic E-state index is 11.8. The van der Waals surface area contributed by atoms with E-state index in [4.69, 9.17) is 0 Å². The minimum Gasteiger partial charge on any atom is -0.343 e. The SMILES string of the molecule is CCC(=O)N1CCC(c2cc(-c3ncc[nH]3)nc(C)n2)CC1. The summed E-state index contributed by atoms with van der Waals surface area (Å²) in [5, 5.41) is 0. The van der Waals surface area contributed by atoms with Gasteiger partial charge < -0.3 is 9.88 Å². The molecule has 0 aliphatic carbocycles. The van der Waals surface area contributed by atoms with Crippen molar-refractivity contribution in [2.24, 2.45) is 0 Å². The maximum Gasteiger partial charge on any atom is 0.222 e. The standard InChI is InChI=1S/C16H21N5O/c1-3-15(22)21-8-4-12(5-9-21)13-10-14(20-11(2)19-13)16-17-6-7-18-16/h6-7,10,12H,3-5,8-9H2,1-2H3,(H,17,18). The number of likely N-dealkylation sites (tertiary alicyclic amines) is 1. The maximum absolute atomic E-state index is 11.8. The summed E-state index contributed by atoms with van der Waals surface area (Å²) < 4.78 is 0. The van der Waals surface area contributed by atoms with Gasteiger partial charge in [-0.2, -0.15) is 0 Å². The Bertz CT molecular complexity index is 645. The molecular weight excluding hydrogens is 278 g/mol. The Hall–Kier alpha value is -2.24. The van der Waals surface area contributed by atoms with Gasteiger partial charge in [0.25, 0.3) is 0 Å². The van der Waals surface area contributed by atoms with Crippen molar-refractivity contribution in [3.05, 3.63) is 30.0 Å². The molecule has 22 heavy (non-hydrogen) atoms. The lowest BCUT2D eigenvalue weighted by Crippen LogP contribution is -2.37. The number of aryl methyl sites for hydroxylation is 1. The number of carbonyl (C=O) groups is 1. The molecule has 1 aliphatic rings. The summed E-state index contributed by atoms with van der Waals surface area (Å²) in [7, 11) is 0. The summed E-state index contributed by atoms with van der Waals surface area (Å²) in [6.07, 6.45) is 6.02. The number of hydrogen-bond acceptors (Lipinski definition) is 4. The summed E-state index contributed by atoms with van der Waals surface area (Å²) in [6, 6.07) is 2.02. The van der Waals surface area contributed by atoms with Crippen LogP contribution in [0.3, 0.4) is 0 Å². The first-order valence-electron chi connectivity index (χ1n) is 7.80. The van der Waals surface area contributed by atoms with Crippen LogP contribution in [0.1, 0.15) is 43.6 Å². The first kappa shape index (κ1) is 14.7. The normalized spacial score (nSPS) is 16.0. The summed E-state index contributed by atoms with van der Waals surface area (Å²) in [6.45, 7) is 5.45. The van der Waals surface area contributed by atoms with E-state index in [1.807, 2.05) is 24.8 Å². The largest absolute Gasteiger partial charge is 0.343 e. The number of aromatic amines is 1. The van der Waals surface area contributed by atoms with Crippen LogP contribution in [0.25, 0.3) is 11.5 Å². The molecule has 1 aliphatic heterocycles. The zero-order valence-electron chi connectivity index (χ0n) is 13.0. The number of carbonyl (C=O) groups excluding carboxylic acids is 1. The minimum absolute atomic E-state index is 0.244. The van der Waals surface area contributed by atoms with Crippen LogP contribution in [0.2, 0.25) is 0 Å². The first-order chi connectivity index (χ1) is 10.7. The number of aromatic nitrogens is 4. The van der Waals surface area contributed by atoms with Gasteiger partial charge in [0.15, 0.2) is 5.82 Å². The molecule has 0 unspecified atom stereocenters. The van der Waals surface area contributed by atoms with E-state index in [1.54, 1.807) is 12.4 Å². The molecule has 1 amide bonds. The Balaban J connectivity index is 1.77. The van der Waals surface area contributed by atoms with Crippen LogP contribution in [0, 0.1) is 6.92 Å².